The van der Waals surface area contributed by atoms with E-state index in [4.69, 9.17) is 14.2 Å². The van der Waals surface area contributed by atoms with Gasteiger partial charge in [-0.1, -0.05) is 240 Å². The molecule has 0 saturated carbocycles. The fraction of sp³-hybridized carbons (Fsp3) is 0.667. The molecule has 0 spiro atoms. The summed E-state index contributed by atoms with van der Waals surface area (Å²) in [5.41, 5.74) is 0. The van der Waals surface area contributed by atoms with Gasteiger partial charge in [-0.05, 0) is 64.2 Å². The molecule has 0 saturated heterocycles. The molecular weight excluding hydrogens is 781 g/mol. The molecule has 0 aromatic rings. The topological polar surface area (TPSA) is 78.9 Å². The Morgan fingerprint density at radius 1 is 0.333 bits per heavy atom. The summed E-state index contributed by atoms with van der Waals surface area (Å²) >= 11 is 0. The fourth-order valence-electron chi connectivity index (χ4n) is 6.89. The van der Waals surface area contributed by atoms with Crippen LogP contribution in [0.5, 0.6) is 0 Å². The highest BCUT2D eigenvalue weighted by atomic mass is 16.6. The van der Waals surface area contributed by atoms with Crippen LogP contribution in [0.3, 0.4) is 0 Å². The van der Waals surface area contributed by atoms with Crippen molar-refractivity contribution in [1.82, 2.24) is 0 Å². The van der Waals surface area contributed by atoms with Gasteiger partial charge in [-0.3, -0.25) is 14.4 Å². The molecule has 1 unspecified atom stereocenters. The van der Waals surface area contributed by atoms with Gasteiger partial charge < -0.3 is 14.2 Å². The normalized spacial score (nSPS) is 12.9. The maximum atomic E-state index is 12.8. The Balaban J connectivity index is 4.45. The van der Waals surface area contributed by atoms with E-state index in [1.807, 2.05) is 72.9 Å². The minimum atomic E-state index is -0.797. The maximum absolute atomic E-state index is 12.8. The largest absolute Gasteiger partial charge is 0.462 e. The van der Waals surface area contributed by atoms with E-state index in [0.717, 1.165) is 70.6 Å². The van der Waals surface area contributed by atoms with Crippen LogP contribution in [0.1, 0.15) is 226 Å². The van der Waals surface area contributed by atoms with Gasteiger partial charge in [-0.25, -0.2) is 0 Å². The molecule has 0 N–H and O–H groups in total. The Hall–Kier alpha value is -3.67. The molecule has 0 aliphatic rings. The number of hydrogen-bond donors (Lipinski definition) is 0. The van der Waals surface area contributed by atoms with Gasteiger partial charge in [0.1, 0.15) is 13.2 Å². The SMILES string of the molecule is CC\C=C/C=C\C=C/C=C\C=C\C=C/C=C\CCCCCC(=O)OCC(COC(=O)CCCCCCCCCCC)OC(=O)CCCCCCCCC/C=C\CCCCCCCC. The Kier molecular flexibility index (Phi) is 48.0. The van der Waals surface area contributed by atoms with E-state index in [1.54, 1.807) is 0 Å². The summed E-state index contributed by atoms with van der Waals surface area (Å²) in [4.78, 5) is 37.9. The Labute approximate surface area is 387 Å². The second-order valence-corrected chi connectivity index (χ2v) is 16.9. The highest BCUT2D eigenvalue weighted by molar-refractivity contribution is 5.71. The van der Waals surface area contributed by atoms with Crippen LogP contribution < -0.4 is 0 Å². The molecule has 0 aliphatic heterocycles. The van der Waals surface area contributed by atoms with Crippen molar-refractivity contribution >= 4 is 17.9 Å². The molecule has 1 atom stereocenters. The summed E-state index contributed by atoms with van der Waals surface area (Å²) in [6, 6.07) is 0. The van der Waals surface area contributed by atoms with Crippen LogP contribution in [0.2, 0.25) is 0 Å². The summed E-state index contributed by atoms with van der Waals surface area (Å²) in [6.07, 6.45) is 66.7. The van der Waals surface area contributed by atoms with Gasteiger partial charge in [-0.15, -0.1) is 0 Å². The van der Waals surface area contributed by atoms with Gasteiger partial charge in [-0.2, -0.15) is 0 Å². The lowest BCUT2D eigenvalue weighted by atomic mass is 10.1. The lowest BCUT2D eigenvalue weighted by Gasteiger charge is -2.18. The predicted octanol–water partition coefficient (Wildman–Crippen LogP) is 17.0. The molecule has 0 aromatic heterocycles. The van der Waals surface area contributed by atoms with Gasteiger partial charge in [0.05, 0.1) is 0 Å². The molecule has 6 heteroatoms. The summed E-state index contributed by atoms with van der Waals surface area (Å²) in [7, 11) is 0. The first-order chi connectivity index (χ1) is 31.0. The second kappa shape index (κ2) is 51.0. The van der Waals surface area contributed by atoms with Crippen LogP contribution in [0.4, 0.5) is 0 Å². The minimum absolute atomic E-state index is 0.0939. The van der Waals surface area contributed by atoms with Gasteiger partial charge in [0.15, 0.2) is 6.10 Å². The van der Waals surface area contributed by atoms with Crippen molar-refractivity contribution in [3.8, 4) is 0 Å². The lowest BCUT2D eigenvalue weighted by molar-refractivity contribution is -0.167. The molecule has 358 valence electrons. The molecule has 6 nitrogen and oxygen atoms in total. The van der Waals surface area contributed by atoms with Crippen molar-refractivity contribution in [2.75, 3.05) is 13.2 Å². The molecule has 63 heavy (non-hydrogen) atoms. The smallest absolute Gasteiger partial charge is 0.306 e. The monoisotopic (exact) mass is 875 g/mol. The van der Waals surface area contributed by atoms with E-state index in [1.165, 1.54) is 116 Å². The standard InChI is InChI=1S/C57H94O6/c1-4-7-10-13-16-19-21-23-25-27-28-30-31-33-35-38-41-44-47-50-56(59)62-53-54(52-61-55(58)49-46-43-40-37-18-15-12-9-6-3)63-57(60)51-48-45-42-39-36-34-32-29-26-24-22-20-17-14-11-8-5-2/h7,10,13,16,19,21,23-28,30-31,33,35,54H,4-6,8-9,11-12,14-15,17-18,20,22,29,32,34,36-53H2,1-3H3/b10-7-,16-13-,21-19-,25-23-,26-24-,28-27+,31-30-,35-33-. The van der Waals surface area contributed by atoms with Crippen molar-refractivity contribution in [3.63, 3.8) is 0 Å². The summed E-state index contributed by atoms with van der Waals surface area (Å²) in [5.74, 6) is -0.950. The molecule has 0 bridgehead atoms. The van der Waals surface area contributed by atoms with Gasteiger partial charge in [0.25, 0.3) is 0 Å². The van der Waals surface area contributed by atoms with Crippen molar-refractivity contribution in [2.24, 2.45) is 0 Å². The zero-order chi connectivity index (χ0) is 45.8. The van der Waals surface area contributed by atoms with Crippen LogP contribution >= 0.6 is 0 Å². The number of hydrogen-bond acceptors (Lipinski definition) is 6. The first-order valence-electron chi connectivity index (χ1n) is 25.8. The molecule has 0 radical (unpaired) electrons. The van der Waals surface area contributed by atoms with E-state index in [-0.39, 0.29) is 31.1 Å². The number of unbranched alkanes of at least 4 members (excludes halogenated alkanes) is 24. The zero-order valence-electron chi connectivity index (χ0n) is 40.8. The summed E-state index contributed by atoms with van der Waals surface area (Å²) in [5, 5.41) is 0. The third-order valence-corrected chi connectivity index (χ3v) is 10.8. The van der Waals surface area contributed by atoms with Crippen LogP contribution in [-0.4, -0.2) is 37.2 Å². The number of rotatable bonds is 45. The number of ether oxygens (including phenoxy) is 3. The van der Waals surface area contributed by atoms with Crippen molar-refractivity contribution in [2.45, 2.75) is 232 Å². The van der Waals surface area contributed by atoms with Gasteiger partial charge in [0.2, 0.25) is 0 Å². The van der Waals surface area contributed by atoms with Crippen LogP contribution in [0.25, 0.3) is 0 Å². The molecule has 0 fully saturated rings. The van der Waals surface area contributed by atoms with Crippen LogP contribution in [0, 0.1) is 0 Å². The molecular formula is C57H94O6. The van der Waals surface area contributed by atoms with E-state index >= 15 is 0 Å². The molecule has 0 aromatic carbocycles. The Morgan fingerprint density at radius 3 is 1.03 bits per heavy atom. The van der Waals surface area contributed by atoms with E-state index in [0.29, 0.717) is 19.3 Å². The Bertz CT molecular complexity index is 1280. The average molecular weight is 875 g/mol. The lowest BCUT2D eigenvalue weighted by Crippen LogP contribution is -2.30. The minimum Gasteiger partial charge on any atom is -0.462 e. The van der Waals surface area contributed by atoms with E-state index in [9.17, 15) is 14.4 Å². The number of allylic oxidation sites excluding steroid dienone is 16. The highest BCUT2D eigenvalue weighted by Crippen LogP contribution is 2.14. The predicted molar refractivity (Wildman–Crippen MR) is 270 cm³/mol. The van der Waals surface area contributed by atoms with Crippen LogP contribution in [-0.2, 0) is 28.6 Å². The summed E-state index contributed by atoms with van der Waals surface area (Å²) in [6.45, 7) is 6.42. The number of carbonyl (C=O) groups excluding carboxylic acids is 3. The third kappa shape index (κ3) is 49.2. The number of esters is 3. The molecule has 0 heterocycles. The van der Waals surface area contributed by atoms with Gasteiger partial charge >= 0.3 is 17.9 Å². The molecule has 0 aliphatic carbocycles. The fourth-order valence-corrected chi connectivity index (χ4v) is 6.89. The Morgan fingerprint density at radius 2 is 0.635 bits per heavy atom. The first-order valence-corrected chi connectivity index (χ1v) is 25.8. The first kappa shape index (κ1) is 59.3. The van der Waals surface area contributed by atoms with Gasteiger partial charge in [0, 0.05) is 19.3 Å². The molecule has 0 amide bonds. The quantitative estimate of drug-likeness (QED) is 0.0199. The van der Waals surface area contributed by atoms with Crippen LogP contribution in [0.15, 0.2) is 97.2 Å². The van der Waals surface area contributed by atoms with E-state index in [2.05, 4.69) is 45.1 Å². The second-order valence-electron chi connectivity index (χ2n) is 16.9. The maximum Gasteiger partial charge on any atom is 0.306 e. The van der Waals surface area contributed by atoms with Crippen molar-refractivity contribution in [3.05, 3.63) is 97.2 Å². The third-order valence-electron chi connectivity index (χ3n) is 10.8. The van der Waals surface area contributed by atoms with E-state index < -0.39 is 6.10 Å². The van der Waals surface area contributed by atoms with Crippen molar-refractivity contribution < 1.29 is 28.6 Å². The number of carbonyl (C=O) groups is 3. The zero-order valence-corrected chi connectivity index (χ0v) is 40.8. The average Bonchev–Trinajstić information content (AvgIpc) is 3.28. The molecule has 0 rings (SSSR count). The van der Waals surface area contributed by atoms with Crippen molar-refractivity contribution in [1.29, 1.82) is 0 Å². The highest BCUT2D eigenvalue weighted by Gasteiger charge is 2.19. The summed E-state index contributed by atoms with van der Waals surface area (Å²) < 4.78 is 16.7.